The number of nitrogens with zero attached hydrogens (tertiary/aromatic N) is 2. The third-order valence-electron chi connectivity index (χ3n) is 1.42. The van der Waals surface area contributed by atoms with Gasteiger partial charge in [0.25, 0.3) is 0 Å². The third-order valence-corrected chi connectivity index (χ3v) is 1.42. The van der Waals surface area contributed by atoms with Gasteiger partial charge in [-0.2, -0.15) is 0 Å². The first kappa shape index (κ1) is 7.15. The summed E-state index contributed by atoms with van der Waals surface area (Å²) in [7, 11) is 0. The molecule has 3 heteroatoms. The van der Waals surface area contributed by atoms with Crippen LogP contribution in [0.3, 0.4) is 0 Å². The summed E-state index contributed by atoms with van der Waals surface area (Å²) in [5.74, 6) is 0. The Bertz CT molecular complexity index is 185. The number of hydrogen-bond donors (Lipinski definition) is 1. The predicted octanol–water partition coefficient (Wildman–Crippen LogP) is 0.886. The van der Waals surface area contributed by atoms with Crippen molar-refractivity contribution in [3.8, 4) is 0 Å². The summed E-state index contributed by atoms with van der Waals surface area (Å²) in [4.78, 5) is 7.81. The van der Waals surface area contributed by atoms with E-state index in [0.29, 0.717) is 0 Å². The fourth-order valence-electron chi connectivity index (χ4n) is 0.729. The Kier molecular flexibility index (Phi) is 2.34. The summed E-state index contributed by atoms with van der Waals surface area (Å²) in [5.41, 5.74) is 6.62. The number of nitrogens with two attached hydrogens (primary N) is 1. The van der Waals surface area contributed by atoms with Crippen LogP contribution < -0.4 is 5.73 Å². The van der Waals surface area contributed by atoms with E-state index in [-0.39, 0.29) is 6.04 Å². The zero-order valence-electron chi connectivity index (χ0n) is 5.99. The van der Waals surface area contributed by atoms with Crippen LogP contribution in [0.15, 0.2) is 18.6 Å². The van der Waals surface area contributed by atoms with Crippen molar-refractivity contribution in [2.45, 2.75) is 19.4 Å². The second kappa shape index (κ2) is 3.27. The monoisotopic (exact) mass is 137 g/mol. The van der Waals surface area contributed by atoms with E-state index in [2.05, 4.69) is 9.97 Å². The Morgan fingerprint density at radius 3 is 3.00 bits per heavy atom. The zero-order valence-corrected chi connectivity index (χ0v) is 5.99. The lowest BCUT2D eigenvalue weighted by Gasteiger charge is -2.05. The first-order chi connectivity index (χ1) is 4.84. The van der Waals surface area contributed by atoms with Gasteiger partial charge in [-0.15, -0.1) is 0 Å². The molecule has 0 spiro atoms. The maximum atomic E-state index is 5.70. The van der Waals surface area contributed by atoms with E-state index >= 15 is 0 Å². The van der Waals surface area contributed by atoms with Crippen LogP contribution in [-0.4, -0.2) is 9.97 Å². The fraction of sp³-hybridized carbons (Fsp3) is 0.429. The van der Waals surface area contributed by atoms with E-state index in [4.69, 9.17) is 5.73 Å². The molecule has 0 aliphatic heterocycles. The van der Waals surface area contributed by atoms with E-state index in [1.165, 1.54) is 6.33 Å². The topological polar surface area (TPSA) is 51.8 Å². The van der Waals surface area contributed by atoms with Crippen LogP contribution in [0.25, 0.3) is 0 Å². The van der Waals surface area contributed by atoms with E-state index < -0.39 is 0 Å². The molecule has 10 heavy (non-hydrogen) atoms. The summed E-state index contributed by atoms with van der Waals surface area (Å²) >= 11 is 0. The van der Waals surface area contributed by atoms with Crippen molar-refractivity contribution in [1.29, 1.82) is 0 Å². The molecule has 0 aromatic carbocycles. The van der Waals surface area contributed by atoms with Crippen molar-refractivity contribution in [2.24, 2.45) is 5.73 Å². The number of aromatic nitrogens is 2. The molecule has 0 fully saturated rings. The molecule has 0 aliphatic carbocycles. The molecule has 2 N–H and O–H groups in total. The van der Waals surface area contributed by atoms with Crippen LogP contribution >= 0.6 is 0 Å². The molecule has 3 nitrogen and oxygen atoms in total. The highest BCUT2D eigenvalue weighted by molar-refractivity contribution is 5.02. The fourth-order valence-corrected chi connectivity index (χ4v) is 0.729. The molecule has 0 unspecified atom stereocenters. The molecule has 1 aromatic heterocycles. The van der Waals surface area contributed by atoms with Gasteiger partial charge in [0, 0.05) is 12.2 Å². The van der Waals surface area contributed by atoms with Crippen molar-refractivity contribution in [1.82, 2.24) is 9.97 Å². The van der Waals surface area contributed by atoms with Crippen LogP contribution in [0.4, 0.5) is 0 Å². The summed E-state index contributed by atoms with van der Waals surface area (Å²) < 4.78 is 0. The van der Waals surface area contributed by atoms with Crippen molar-refractivity contribution in [2.75, 3.05) is 0 Å². The molecule has 0 amide bonds. The molecular formula is C7H11N3. The molecule has 0 bridgehead atoms. The van der Waals surface area contributed by atoms with Gasteiger partial charge in [-0.25, -0.2) is 9.97 Å². The molecule has 1 atom stereocenters. The standard InChI is InChI=1S/C7H11N3/c1-2-6(8)7-3-4-9-5-10-7/h3-6H,2,8H2,1H3/t6-/m1/s1. The van der Waals surface area contributed by atoms with Crippen molar-refractivity contribution in [3.63, 3.8) is 0 Å². The first-order valence-electron chi connectivity index (χ1n) is 3.36. The lowest BCUT2D eigenvalue weighted by molar-refractivity contribution is 0.672. The minimum atomic E-state index is 0.0583. The Balaban J connectivity index is 2.75. The Morgan fingerprint density at radius 1 is 1.70 bits per heavy atom. The van der Waals surface area contributed by atoms with Crippen LogP contribution in [0.1, 0.15) is 25.1 Å². The van der Waals surface area contributed by atoms with Gasteiger partial charge in [0.2, 0.25) is 0 Å². The third kappa shape index (κ3) is 1.51. The average Bonchev–Trinajstić information content (AvgIpc) is 2.05. The van der Waals surface area contributed by atoms with Crippen LogP contribution in [0.5, 0.6) is 0 Å². The van der Waals surface area contributed by atoms with Crippen LogP contribution in [-0.2, 0) is 0 Å². The number of rotatable bonds is 2. The van der Waals surface area contributed by atoms with Crippen molar-refractivity contribution in [3.05, 3.63) is 24.3 Å². The Labute approximate surface area is 60.3 Å². The molecule has 1 rings (SSSR count). The van der Waals surface area contributed by atoms with Crippen LogP contribution in [0.2, 0.25) is 0 Å². The van der Waals surface area contributed by atoms with Gasteiger partial charge < -0.3 is 5.73 Å². The largest absolute Gasteiger partial charge is 0.323 e. The van der Waals surface area contributed by atoms with Crippen LogP contribution in [0, 0.1) is 0 Å². The summed E-state index contributed by atoms with van der Waals surface area (Å²) in [6, 6.07) is 1.90. The lowest BCUT2D eigenvalue weighted by atomic mass is 10.2. The van der Waals surface area contributed by atoms with E-state index in [0.717, 1.165) is 12.1 Å². The molecule has 54 valence electrons. The quantitative estimate of drug-likeness (QED) is 0.658. The van der Waals surface area contributed by atoms with Crippen molar-refractivity contribution < 1.29 is 0 Å². The van der Waals surface area contributed by atoms with Gasteiger partial charge in [0.05, 0.1) is 5.69 Å². The Hall–Kier alpha value is -0.960. The smallest absolute Gasteiger partial charge is 0.115 e. The summed E-state index contributed by atoms with van der Waals surface area (Å²) in [6.07, 6.45) is 4.14. The van der Waals surface area contributed by atoms with Gasteiger partial charge >= 0.3 is 0 Å². The van der Waals surface area contributed by atoms with Gasteiger partial charge in [0.1, 0.15) is 6.33 Å². The second-order valence-electron chi connectivity index (χ2n) is 2.15. The van der Waals surface area contributed by atoms with Gasteiger partial charge in [0.15, 0.2) is 0 Å². The number of hydrogen-bond acceptors (Lipinski definition) is 3. The van der Waals surface area contributed by atoms with E-state index in [9.17, 15) is 0 Å². The van der Waals surface area contributed by atoms with Gasteiger partial charge in [-0.1, -0.05) is 6.92 Å². The molecular weight excluding hydrogens is 126 g/mol. The molecule has 1 aromatic rings. The molecule has 0 saturated heterocycles. The Morgan fingerprint density at radius 2 is 2.50 bits per heavy atom. The summed E-state index contributed by atoms with van der Waals surface area (Å²) in [5, 5.41) is 0. The van der Waals surface area contributed by atoms with E-state index in [1.807, 2.05) is 13.0 Å². The molecule has 0 radical (unpaired) electrons. The summed E-state index contributed by atoms with van der Waals surface area (Å²) in [6.45, 7) is 2.03. The van der Waals surface area contributed by atoms with E-state index in [1.54, 1.807) is 6.20 Å². The van der Waals surface area contributed by atoms with Crippen molar-refractivity contribution >= 4 is 0 Å². The highest BCUT2D eigenvalue weighted by Crippen LogP contribution is 2.07. The lowest BCUT2D eigenvalue weighted by Crippen LogP contribution is -2.10. The van der Waals surface area contributed by atoms with Gasteiger partial charge in [-0.3, -0.25) is 0 Å². The normalized spacial score (nSPS) is 13.0. The molecule has 0 aliphatic rings. The average molecular weight is 137 g/mol. The van der Waals surface area contributed by atoms with Gasteiger partial charge in [-0.05, 0) is 12.5 Å². The minimum absolute atomic E-state index is 0.0583. The maximum absolute atomic E-state index is 5.70. The molecule has 0 saturated carbocycles. The maximum Gasteiger partial charge on any atom is 0.115 e. The zero-order chi connectivity index (χ0) is 7.40. The highest BCUT2D eigenvalue weighted by atomic mass is 14.8. The SMILES string of the molecule is CC[C@@H](N)c1ccncn1. The highest BCUT2D eigenvalue weighted by Gasteiger charge is 2.01. The first-order valence-corrected chi connectivity index (χ1v) is 3.36. The molecule has 1 heterocycles. The minimum Gasteiger partial charge on any atom is -0.323 e. The predicted molar refractivity (Wildman–Crippen MR) is 39.3 cm³/mol. The second-order valence-corrected chi connectivity index (χ2v) is 2.15.